The molecule has 2 rings (SSSR count). The van der Waals surface area contributed by atoms with Crippen molar-refractivity contribution >= 4 is 0 Å². The first-order valence-corrected chi connectivity index (χ1v) is 5.93. The van der Waals surface area contributed by atoms with Crippen molar-refractivity contribution in [2.75, 3.05) is 13.1 Å². The van der Waals surface area contributed by atoms with Crippen molar-refractivity contribution in [3.63, 3.8) is 0 Å². The van der Waals surface area contributed by atoms with Crippen LogP contribution in [0.4, 0.5) is 8.78 Å². The van der Waals surface area contributed by atoms with Gasteiger partial charge in [-0.3, -0.25) is 0 Å². The van der Waals surface area contributed by atoms with E-state index in [0.29, 0.717) is 17.6 Å². The molecule has 0 amide bonds. The third kappa shape index (κ3) is 3.04. The molecule has 3 N–H and O–H groups in total. The predicted octanol–water partition coefficient (Wildman–Crippen LogP) is 2.26. The van der Waals surface area contributed by atoms with E-state index >= 15 is 0 Å². The standard InChI is InChI=1S/C12H18F2N2O/c1-7-4-8(7)10-2-3-11(17-10)9(5-15)16-6-12(13)14/h2-3,7-9,12,16H,4-6,15H2,1H3. The zero-order chi connectivity index (χ0) is 12.4. The molecule has 1 fully saturated rings. The number of nitrogens with one attached hydrogen (secondary N) is 1. The average Bonchev–Trinajstić information content (AvgIpc) is 2.82. The van der Waals surface area contributed by atoms with Crippen LogP contribution >= 0.6 is 0 Å². The minimum atomic E-state index is -2.37. The van der Waals surface area contributed by atoms with Gasteiger partial charge in [0.1, 0.15) is 11.5 Å². The Balaban J connectivity index is 1.96. The molecule has 3 atom stereocenters. The molecule has 0 aromatic carbocycles. The number of nitrogens with two attached hydrogens (primary N) is 1. The van der Waals surface area contributed by atoms with Crippen molar-refractivity contribution in [1.82, 2.24) is 5.32 Å². The topological polar surface area (TPSA) is 51.2 Å². The molecule has 96 valence electrons. The highest BCUT2D eigenvalue weighted by Gasteiger charge is 2.36. The lowest BCUT2D eigenvalue weighted by molar-refractivity contribution is 0.140. The number of hydrogen-bond acceptors (Lipinski definition) is 3. The van der Waals surface area contributed by atoms with E-state index in [4.69, 9.17) is 10.2 Å². The first-order chi connectivity index (χ1) is 8.11. The van der Waals surface area contributed by atoms with Crippen LogP contribution in [-0.4, -0.2) is 19.5 Å². The van der Waals surface area contributed by atoms with Crippen LogP contribution in [0.25, 0.3) is 0 Å². The van der Waals surface area contributed by atoms with Crippen LogP contribution in [0.2, 0.25) is 0 Å². The van der Waals surface area contributed by atoms with E-state index in [9.17, 15) is 8.78 Å². The molecule has 0 radical (unpaired) electrons. The lowest BCUT2D eigenvalue weighted by Crippen LogP contribution is -2.31. The van der Waals surface area contributed by atoms with Crippen LogP contribution in [0.3, 0.4) is 0 Å². The summed E-state index contributed by atoms with van der Waals surface area (Å²) in [4.78, 5) is 0. The third-order valence-electron chi connectivity index (χ3n) is 3.22. The van der Waals surface area contributed by atoms with E-state index in [-0.39, 0.29) is 19.1 Å². The molecule has 1 aliphatic rings. The summed E-state index contributed by atoms with van der Waals surface area (Å²) in [7, 11) is 0. The molecule has 1 saturated carbocycles. The quantitative estimate of drug-likeness (QED) is 0.807. The highest BCUT2D eigenvalue weighted by atomic mass is 19.3. The van der Waals surface area contributed by atoms with E-state index in [1.807, 2.05) is 12.1 Å². The van der Waals surface area contributed by atoms with Gasteiger partial charge in [-0.25, -0.2) is 8.78 Å². The summed E-state index contributed by atoms with van der Waals surface area (Å²) in [6, 6.07) is 3.43. The summed E-state index contributed by atoms with van der Waals surface area (Å²) in [5.41, 5.74) is 5.55. The van der Waals surface area contributed by atoms with Crippen molar-refractivity contribution < 1.29 is 13.2 Å². The van der Waals surface area contributed by atoms with Gasteiger partial charge in [0.2, 0.25) is 0 Å². The smallest absolute Gasteiger partial charge is 0.250 e. The SMILES string of the molecule is CC1CC1c1ccc(C(CN)NCC(F)F)o1. The van der Waals surface area contributed by atoms with Crippen molar-refractivity contribution in [3.05, 3.63) is 23.7 Å². The van der Waals surface area contributed by atoms with Gasteiger partial charge in [-0.1, -0.05) is 6.92 Å². The summed E-state index contributed by atoms with van der Waals surface area (Å²) in [6.45, 7) is 2.06. The minimum absolute atomic E-state index is 0.250. The van der Waals surface area contributed by atoms with Gasteiger partial charge in [0.15, 0.2) is 0 Å². The Bertz CT molecular complexity index is 367. The molecule has 1 aliphatic carbocycles. The fraction of sp³-hybridized carbons (Fsp3) is 0.667. The van der Waals surface area contributed by atoms with E-state index < -0.39 is 6.43 Å². The molecular formula is C12H18F2N2O. The van der Waals surface area contributed by atoms with Crippen LogP contribution in [-0.2, 0) is 0 Å². The summed E-state index contributed by atoms with van der Waals surface area (Å²) < 4.78 is 29.9. The summed E-state index contributed by atoms with van der Waals surface area (Å²) in [5, 5.41) is 2.70. The Morgan fingerprint density at radius 2 is 2.24 bits per heavy atom. The van der Waals surface area contributed by atoms with E-state index in [1.165, 1.54) is 0 Å². The maximum Gasteiger partial charge on any atom is 0.250 e. The molecule has 1 heterocycles. The molecular weight excluding hydrogens is 226 g/mol. The van der Waals surface area contributed by atoms with Crippen LogP contribution in [0.5, 0.6) is 0 Å². The molecule has 0 aliphatic heterocycles. The fourth-order valence-electron chi connectivity index (χ4n) is 2.00. The highest BCUT2D eigenvalue weighted by Crippen LogP contribution is 2.47. The Morgan fingerprint density at radius 1 is 1.53 bits per heavy atom. The van der Waals surface area contributed by atoms with Gasteiger partial charge in [-0.05, 0) is 24.5 Å². The lowest BCUT2D eigenvalue weighted by atomic mass is 10.2. The van der Waals surface area contributed by atoms with Gasteiger partial charge in [0.05, 0.1) is 12.6 Å². The molecule has 0 bridgehead atoms. The van der Waals surface area contributed by atoms with Crippen LogP contribution in [0.15, 0.2) is 16.5 Å². The second-order valence-corrected chi connectivity index (χ2v) is 4.65. The zero-order valence-corrected chi connectivity index (χ0v) is 9.83. The number of rotatable bonds is 6. The molecule has 3 unspecified atom stereocenters. The number of alkyl halides is 2. The molecule has 0 spiro atoms. The largest absolute Gasteiger partial charge is 0.464 e. The Hall–Kier alpha value is -0.940. The second kappa shape index (κ2) is 5.14. The van der Waals surface area contributed by atoms with E-state index in [0.717, 1.165) is 12.2 Å². The first-order valence-electron chi connectivity index (χ1n) is 5.93. The monoisotopic (exact) mass is 244 g/mol. The highest BCUT2D eigenvalue weighted by molar-refractivity contribution is 5.19. The molecule has 1 aromatic heterocycles. The van der Waals surface area contributed by atoms with Crippen molar-refractivity contribution in [3.8, 4) is 0 Å². The minimum Gasteiger partial charge on any atom is -0.464 e. The van der Waals surface area contributed by atoms with Gasteiger partial charge in [-0.15, -0.1) is 0 Å². The summed E-state index contributed by atoms with van der Waals surface area (Å²) >= 11 is 0. The van der Waals surface area contributed by atoms with E-state index in [2.05, 4.69) is 12.2 Å². The van der Waals surface area contributed by atoms with Gasteiger partial charge >= 0.3 is 0 Å². The molecule has 1 aromatic rings. The van der Waals surface area contributed by atoms with Crippen molar-refractivity contribution in [2.24, 2.45) is 11.7 Å². The molecule has 5 heteroatoms. The Labute approximate surface area is 99.4 Å². The van der Waals surface area contributed by atoms with Crippen molar-refractivity contribution in [2.45, 2.75) is 31.7 Å². The number of halogens is 2. The third-order valence-corrected chi connectivity index (χ3v) is 3.22. The maximum absolute atomic E-state index is 12.1. The lowest BCUT2D eigenvalue weighted by Gasteiger charge is -2.13. The number of hydrogen-bond donors (Lipinski definition) is 2. The summed E-state index contributed by atoms with van der Waals surface area (Å²) in [6.07, 6.45) is -1.23. The fourth-order valence-corrected chi connectivity index (χ4v) is 2.00. The molecule has 3 nitrogen and oxygen atoms in total. The molecule has 17 heavy (non-hydrogen) atoms. The maximum atomic E-state index is 12.1. The van der Waals surface area contributed by atoms with E-state index in [1.54, 1.807) is 0 Å². The van der Waals surface area contributed by atoms with Gasteiger partial charge < -0.3 is 15.5 Å². The van der Waals surface area contributed by atoms with Crippen LogP contribution in [0.1, 0.15) is 36.8 Å². The second-order valence-electron chi connectivity index (χ2n) is 4.65. The van der Waals surface area contributed by atoms with Crippen LogP contribution < -0.4 is 11.1 Å². The Kier molecular flexibility index (Phi) is 3.79. The Morgan fingerprint density at radius 3 is 2.76 bits per heavy atom. The van der Waals surface area contributed by atoms with Gasteiger partial charge in [0.25, 0.3) is 6.43 Å². The first kappa shape index (κ1) is 12.5. The number of furan rings is 1. The average molecular weight is 244 g/mol. The zero-order valence-electron chi connectivity index (χ0n) is 9.83. The normalized spacial score (nSPS) is 25.2. The van der Waals surface area contributed by atoms with Crippen molar-refractivity contribution in [1.29, 1.82) is 0 Å². The summed E-state index contributed by atoms with van der Waals surface area (Å²) in [5.74, 6) is 2.77. The van der Waals surface area contributed by atoms with Gasteiger partial charge in [-0.2, -0.15) is 0 Å². The predicted molar refractivity (Wildman–Crippen MR) is 61.0 cm³/mol. The van der Waals surface area contributed by atoms with Gasteiger partial charge in [0, 0.05) is 12.5 Å². The van der Waals surface area contributed by atoms with Crippen LogP contribution in [0, 0.1) is 5.92 Å². The molecule has 0 saturated heterocycles.